The van der Waals surface area contributed by atoms with Crippen LogP contribution >= 0.6 is 0 Å². The number of hydrogen-bond donors (Lipinski definition) is 2. The lowest BCUT2D eigenvalue weighted by molar-refractivity contribution is 0.0693. The number of nitrogens with zero attached hydrogens (tertiary/aromatic N) is 1. The fraction of sp³-hybridized carbons (Fsp3) is 0.583. The third kappa shape index (κ3) is 2.37. The van der Waals surface area contributed by atoms with Crippen molar-refractivity contribution in [3.05, 3.63) is 32.6 Å². The number of rotatable bonds is 5. The molecule has 1 aliphatic rings. The molecule has 0 spiro atoms. The molecule has 18 heavy (non-hydrogen) atoms. The van der Waals surface area contributed by atoms with Crippen LogP contribution in [0.15, 0.2) is 15.8 Å². The first kappa shape index (κ1) is 12.6. The van der Waals surface area contributed by atoms with Crippen molar-refractivity contribution in [2.45, 2.75) is 39.2 Å². The van der Waals surface area contributed by atoms with Crippen LogP contribution in [0.3, 0.4) is 0 Å². The summed E-state index contributed by atoms with van der Waals surface area (Å²) in [5.74, 6) is -1.31. The predicted molar refractivity (Wildman–Crippen MR) is 64.9 cm³/mol. The van der Waals surface area contributed by atoms with Gasteiger partial charge in [0.25, 0.3) is 5.56 Å². The summed E-state index contributed by atoms with van der Waals surface area (Å²) in [7, 11) is 0. The first-order valence-electron chi connectivity index (χ1n) is 6.04. The van der Waals surface area contributed by atoms with Crippen molar-refractivity contribution < 1.29 is 9.90 Å². The Morgan fingerprint density at radius 1 is 1.50 bits per heavy atom. The lowest BCUT2D eigenvalue weighted by Crippen LogP contribution is -2.35. The van der Waals surface area contributed by atoms with E-state index in [4.69, 9.17) is 5.11 Å². The molecule has 1 aromatic heterocycles. The van der Waals surface area contributed by atoms with Crippen LogP contribution in [0.25, 0.3) is 0 Å². The van der Waals surface area contributed by atoms with Crippen molar-refractivity contribution in [1.82, 2.24) is 9.55 Å². The zero-order valence-electron chi connectivity index (χ0n) is 10.2. The number of carbonyl (C=O) groups is 1. The molecular formula is C12H16N2O4. The first-order valence-corrected chi connectivity index (χ1v) is 6.04. The zero-order chi connectivity index (χ0) is 13.3. The van der Waals surface area contributed by atoms with Gasteiger partial charge < -0.3 is 5.11 Å². The highest BCUT2D eigenvalue weighted by atomic mass is 16.4. The SMILES string of the molecule is CCCC1(Cn2cc(C(=O)O)c(=O)[nH]c2=O)CC1. The van der Waals surface area contributed by atoms with Gasteiger partial charge in [-0.05, 0) is 24.7 Å². The Balaban J connectivity index is 2.34. The number of aromatic amines is 1. The Bertz CT molecular complexity index is 580. The monoisotopic (exact) mass is 252 g/mol. The van der Waals surface area contributed by atoms with E-state index in [2.05, 4.69) is 11.9 Å². The summed E-state index contributed by atoms with van der Waals surface area (Å²) in [4.78, 5) is 35.8. The molecule has 98 valence electrons. The van der Waals surface area contributed by atoms with Crippen LogP contribution < -0.4 is 11.2 Å². The Kier molecular flexibility index (Phi) is 3.11. The van der Waals surface area contributed by atoms with Gasteiger partial charge in [-0.25, -0.2) is 9.59 Å². The molecule has 0 unspecified atom stereocenters. The van der Waals surface area contributed by atoms with E-state index in [1.54, 1.807) is 0 Å². The molecule has 0 atom stereocenters. The molecule has 1 aromatic rings. The van der Waals surface area contributed by atoms with E-state index in [0.29, 0.717) is 6.54 Å². The predicted octanol–water partition coefficient (Wildman–Crippen LogP) is 0.815. The number of aromatic carboxylic acids is 1. The van der Waals surface area contributed by atoms with Gasteiger partial charge in [0.15, 0.2) is 0 Å². The summed E-state index contributed by atoms with van der Waals surface area (Å²) in [5.41, 5.74) is -1.65. The normalized spacial score (nSPS) is 16.5. The second-order valence-electron chi connectivity index (χ2n) is 4.99. The highest BCUT2D eigenvalue weighted by Crippen LogP contribution is 2.50. The van der Waals surface area contributed by atoms with Gasteiger partial charge >= 0.3 is 11.7 Å². The highest BCUT2D eigenvalue weighted by molar-refractivity contribution is 5.86. The minimum absolute atomic E-state index is 0.118. The summed E-state index contributed by atoms with van der Waals surface area (Å²) in [6, 6.07) is 0. The highest BCUT2D eigenvalue weighted by Gasteiger charge is 2.42. The lowest BCUT2D eigenvalue weighted by Gasteiger charge is -2.15. The second-order valence-corrected chi connectivity index (χ2v) is 4.99. The van der Waals surface area contributed by atoms with E-state index < -0.39 is 17.2 Å². The van der Waals surface area contributed by atoms with Crippen LogP contribution in [0.1, 0.15) is 43.0 Å². The lowest BCUT2D eigenvalue weighted by atomic mass is 10.0. The molecule has 0 saturated heterocycles. The molecule has 1 fully saturated rings. The van der Waals surface area contributed by atoms with E-state index in [1.807, 2.05) is 0 Å². The largest absolute Gasteiger partial charge is 0.477 e. The second kappa shape index (κ2) is 4.44. The van der Waals surface area contributed by atoms with Crippen LogP contribution in [-0.2, 0) is 6.54 Å². The van der Waals surface area contributed by atoms with Crippen LogP contribution in [0.2, 0.25) is 0 Å². The van der Waals surface area contributed by atoms with E-state index in [0.717, 1.165) is 31.9 Å². The zero-order valence-corrected chi connectivity index (χ0v) is 10.2. The molecule has 2 N–H and O–H groups in total. The molecule has 0 amide bonds. The molecular weight excluding hydrogens is 236 g/mol. The molecule has 6 heteroatoms. The van der Waals surface area contributed by atoms with Gasteiger partial charge in [-0.15, -0.1) is 0 Å². The number of nitrogens with one attached hydrogen (secondary N) is 1. The van der Waals surface area contributed by atoms with Gasteiger partial charge in [0.1, 0.15) is 5.56 Å². The summed E-state index contributed by atoms with van der Waals surface area (Å²) < 4.78 is 1.31. The number of carboxylic acid groups (broad SMARTS) is 1. The number of carboxylic acids is 1. The third-order valence-electron chi connectivity index (χ3n) is 3.48. The minimum atomic E-state index is -1.31. The molecule has 6 nitrogen and oxygen atoms in total. The minimum Gasteiger partial charge on any atom is -0.477 e. The molecule has 2 rings (SSSR count). The molecule has 0 aliphatic heterocycles. The maximum Gasteiger partial charge on any atom is 0.342 e. The van der Waals surface area contributed by atoms with Gasteiger partial charge in [-0.1, -0.05) is 13.3 Å². The number of H-pyrrole nitrogens is 1. The summed E-state index contributed by atoms with van der Waals surface area (Å²) in [6.45, 7) is 2.56. The van der Waals surface area contributed by atoms with E-state index in [1.165, 1.54) is 4.57 Å². The molecule has 1 saturated carbocycles. The first-order chi connectivity index (χ1) is 8.47. The number of aromatic nitrogens is 2. The van der Waals surface area contributed by atoms with E-state index in [9.17, 15) is 14.4 Å². The standard InChI is InChI=1S/C12H16N2O4/c1-2-3-12(4-5-12)7-14-6-8(10(16)17)9(15)13-11(14)18/h6H,2-5,7H2,1H3,(H,16,17)(H,13,15,18). The average Bonchev–Trinajstić information content (AvgIpc) is 3.02. The summed E-state index contributed by atoms with van der Waals surface area (Å²) in [5, 5.41) is 8.86. The van der Waals surface area contributed by atoms with Gasteiger partial charge in [0.05, 0.1) is 0 Å². The molecule has 0 aromatic carbocycles. The van der Waals surface area contributed by atoms with Gasteiger partial charge in [0.2, 0.25) is 0 Å². The van der Waals surface area contributed by atoms with Crippen molar-refractivity contribution >= 4 is 5.97 Å². The maximum atomic E-state index is 11.6. The Morgan fingerprint density at radius 2 is 2.17 bits per heavy atom. The van der Waals surface area contributed by atoms with E-state index >= 15 is 0 Å². The van der Waals surface area contributed by atoms with Crippen LogP contribution in [0.5, 0.6) is 0 Å². The smallest absolute Gasteiger partial charge is 0.342 e. The van der Waals surface area contributed by atoms with Crippen LogP contribution in [0, 0.1) is 5.41 Å². The van der Waals surface area contributed by atoms with Crippen molar-refractivity contribution in [3.8, 4) is 0 Å². The summed E-state index contributed by atoms with van der Waals surface area (Å²) in [6.07, 6.45) is 5.30. The van der Waals surface area contributed by atoms with Gasteiger partial charge in [-0.3, -0.25) is 14.3 Å². The van der Waals surface area contributed by atoms with Gasteiger partial charge in [0, 0.05) is 12.7 Å². The van der Waals surface area contributed by atoms with Crippen LogP contribution in [0.4, 0.5) is 0 Å². The maximum absolute atomic E-state index is 11.6. The van der Waals surface area contributed by atoms with Crippen molar-refractivity contribution in [3.63, 3.8) is 0 Å². The Labute approximate surface area is 103 Å². The fourth-order valence-electron chi connectivity index (χ4n) is 2.33. The average molecular weight is 252 g/mol. The third-order valence-corrected chi connectivity index (χ3v) is 3.48. The quantitative estimate of drug-likeness (QED) is 0.811. The molecule has 0 radical (unpaired) electrons. The summed E-state index contributed by atoms with van der Waals surface area (Å²) >= 11 is 0. The van der Waals surface area contributed by atoms with Crippen LogP contribution in [-0.4, -0.2) is 20.6 Å². The Morgan fingerprint density at radius 3 is 2.67 bits per heavy atom. The Hall–Kier alpha value is -1.85. The van der Waals surface area contributed by atoms with Crippen molar-refractivity contribution in [1.29, 1.82) is 0 Å². The van der Waals surface area contributed by atoms with Gasteiger partial charge in [-0.2, -0.15) is 0 Å². The van der Waals surface area contributed by atoms with Crippen molar-refractivity contribution in [2.24, 2.45) is 5.41 Å². The van der Waals surface area contributed by atoms with Crippen molar-refractivity contribution in [2.75, 3.05) is 0 Å². The topological polar surface area (TPSA) is 92.2 Å². The molecule has 1 heterocycles. The number of hydrogen-bond acceptors (Lipinski definition) is 3. The van der Waals surface area contributed by atoms with E-state index in [-0.39, 0.29) is 11.0 Å². The molecule has 0 bridgehead atoms. The fourth-order valence-corrected chi connectivity index (χ4v) is 2.33. The molecule has 1 aliphatic carbocycles.